The third-order valence-corrected chi connectivity index (χ3v) is 3.81. The molecule has 0 aliphatic carbocycles. The first kappa shape index (κ1) is 15.1. The number of anilines is 2. The van der Waals surface area contributed by atoms with E-state index >= 15 is 0 Å². The van der Waals surface area contributed by atoms with E-state index in [0.717, 1.165) is 10.2 Å². The van der Waals surface area contributed by atoms with Crippen LogP contribution in [0.1, 0.15) is 5.69 Å². The van der Waals surface area contributed by atoms with E-state index in [0.29, 0.717) is 22.9 Å². The highest BCUT2D eigenvalue weighted by Crippen LogP contribution is 2.22. The van der Waals surface area contributed by atoms with Crippen molar-refractivity contribution >= 4 is 33.5 Å². The summed E-state index contributed by atoms with van der Waals surface area (Å²) >= 11 is 3.36. The molecule has 9 heteroatoms. The van der Waals surface area contributed by atoms with Gasteiger partial charge in [0.05, 0.1) is 23.8 Å². The largest absolute Gasteiger partial charge is 0.324 e. The van der Waals surface area contributed by atoms with Crippen LogP contribution in [-0.2, 0) is 0 Å². The van der Waals surface area contributed by atoms with Crippen LogP contribution in [0, 0.1) is 6.92 Å². The molecule has 0 saturated carbocycles. The minimum Gasteiger partial charge on any atom is -0.304 e. The van der Waals surface area contributed by atoms with E-state index < -0.39 is 6.03 Å². The van der Waals surface area contributed by atoms with E-state index in [9.17, 15) is 4.79 Å². The molecule has 0 aliphatic heterocycles. The number of amides is 2. The first-order chi connectivity index (χ1) is 11.1. The molecule has 3 aromatic heterocycles. The molecular formula is C14H12BrN7O. The molecule has 0 bridgehead atoms. The predicted molar refractivity (Wildman–Crippen MR) is 88.9 cm³/mol. The van der Waals surface area contributed by atoms with Gasteiger partial charge in [0.1, 0.15) is 17.2 Å². The van der Waals surface area contributed by atoms with Gasteiger partial charge >= 0.3 is 6.03 Å². The fraction of sp³-hybridized carbons (Fsp3) is 0.0714. The van der Waals surface area contributed by atoms with Crippen LogP contribution < -0.4 is 10.6 Å². The van der Waals surface area contributed by atoms with Crippen LogP contribution in [0.3, 0.4) is 0 Å². The Labute approximate surface area is 139 Å². The standard InChI is InChI=1S/C14H12BrN7O/c1-8-9(15)2-3-12(19-8)21-14(23)20-11-7-18-22-13(11)10-6-16-4-5-17-10/h2-7H,1H3,(H,18,22)(H2,19,20,21,23). The zero-order chi connectivity index (χ0) is 16.2. The van der Waals surface area contributed by atoms with Crippen LogP contribution in [-0.4, -0.2) is 31.2 Å². The van der Waals surface area contributed by atoms with Crippen molar-refractivity contribution in [2.24, 2.45) is 0 Å². The number of nitrogens with one attached hydrogen (secondary N) is 3. The number of aromatic nitrogens is 5. The zero-order valence-corrected chi connectivity index (χ0v) is 13.6. The summed E-state index contributed by atoms with van der Waals surface area (Å²) in [6.07, 6.45) is 6.22. The summed E-state index contributed by atoms with van der Waals surface area (Å²) in [5.41, 5.74) is 2.44. The molecule has 2 amide bonds. The van der Waals surface area contributed by atoms with Crippen molar-refractivity contribution < 1.29 is 4.79 Å². The average molecular weight is 374 g/mol. The van der Waals surface area contributed by atoms with Gasteiger partial charge in [0.25, 0.3) is 0 Å². The van der Waals surface area contributed by atoms with Crippen molar-refractivity contribution in [1.82, 2.24) is 25.1 Å². The summed E-state index contributed by atoms with van der Waals surface area (Å²) in [7, 11) is 0. The van der Waals surface area contributed by atoms with Gasteiger partial charge in [0, 0.05) is 16.9 Å². The Morgan fingerprint density at radius 1 is 1.22 bits per heavy atom. The molecule has 116 valence electrons. The Hall–Kier alpha value is -2.81. The van der Waals surface area contributed by atoms with E-state index in [1.165, 1.54) is 6.20 Å². The quantitative estimate of drug-likeness (QED) is 0.653. The maximum atomic E-state index is 12.1. The molecule has 0 saturated heterocycles. The highest BCUT2D eigenvalue weighted by Gasteiger charge is 2.12. The number of halogens is 1. The molecule has 0 aromatic carbocycles. The van der Waals surface area contributed by atoms with E-state index in [1.54, 1.807) is 24.7 Å². The van der Waals surface area contributed by atoms with Crippen molar-refractivity contribution in [2.75, 3.05) is 10.6 Å². The summed E-state index contributed by atoms with van der Waals surface area (Å²) in [6, 6.07) is 3.10. The van der Waals surface area contributed by atoms with Crippen LogP contribution in [0.15, 0.2) is 41.4 Å². The summed E-state index contributed by atoms with van der Waals surface area (Å²) in [6.45, 7) is 1.84. The molecule has 8 nitrogen and oxygen atoms in total. The molecular weight excluding hydrogens is 362 g/mol. The molecule has 3 rings (SSSR count). The zero-order valence-electron chi connectivity index (χ0n) is 12.0. The Morgan fingerprint density at radius 2 is 2.09 bits per heavy atom. The molecule has 0 fully saturated rings. The number of H-pyrrole nitrogens is 1. The van der Waals surface area contributed by atoms with Gasteiger partial charge in [-0.05, 0) is 35.0 Å². The molecule has 3 N–H and O–H groups in total. The number of aromatic amines is 1. The fourth-order valence-corrected chi connectivity index (χ4v) is 2.11. The number of urea groups is 1. The maximum absolute atomic E-state index is 12.1. The van der Waals surface area contributed by atoms with Gasteiger partial charge in [-0.1, -0.05) is 0 Å². The number of aryl methyl sites for hydroxylation is 1. The van der Waals surface area contributed by atoms with Gasteiger partial charge < -0.3 is 5.32 Å². The summed E-state index contributed by atoms with van der Waals surface area (Å²) < 4.78 is 0.878. The van der Waals surface area contributed by atoms with E-state index in [4.69, 9.17) is 0 Å². The van der Waals surface area contributed by atoms with Gasteiger partial charge in [-0.15, -0.1) is 0 Å². The summed E-state index contributed by atoms with van der Waals surface area (Å²) in [4.78, 5) is 24.5. The number of carbonyl (C=O) groups is 1. The van der Waals surface area contributed by atoms with Crippen LogP contribution >= 0.6 is 15.9 Å². The Bertz CT molecular complexity index is 834. The lowest BCUT2D eigenvalue weighted by molar-refractivity contribution is 0.262. The second-order valence-electron chi connectivity index (χ2n) is 4.59. The second kappa shape index (κ2) is 6.53. The predicted octanol–water partition coefficient (Wildman–Crippen LogP) is 2.98. The van der Waals surface area contributed by atoms with E-state index in [2.05, 4.69) is 51.7 Å². The SMILES string of the molecule is Cc1nc(NC(=O)Nc2cn[nH]c2-c2cnccn2)ccc1Br. The minimum absolute atomic E-state index is 0.425. The molecule has 0 unspecified atom stereocenters. The number of nitrogens with zero attached hydrogens (tertiary/aromatic N) is 4. The molecule has 3 heterocycles. The summed E-state index contributed by atoms with van der Waals surface area (Å²) in [5, 5.41) is 12.1. The number of pyridine rings is 1. The maximum Gasteiger partial charge on any atom is 0.324 e. The van der Waals surface area contributed by atoms with Gasteiger partial charge in [-0.3, -0.25) is 20.4 Å². The first-order valence-corrected chi connectivity index (χ1v) is 7.43. The molecule has 0 aliphatic rings. The van der Waals surface area contributed by atoms with E-state index in [1.807, 2.05) is 13.0 Å². The number of hydrogen-bond acceptors (Lipinski definition) is 5. The van der Waals surface area contributed by atoms with Crippen molar-refractivity contribution in [3.8, 4) is 11.4 Å². The van der Waals surface area contributed by atoms with E-state index in [-0.39, 0.29) is 0 Å². The Kier molecular flexibility index (Phi) is 4.29. The van der Waals surface area contributed by atoms with Crippen molar-refractivity contribution in [1.29, 1.82) is 0 Å². The number of carbonyl (C=O) groups excluding carboxylic acids is 1. The highest BCUT2D eigenvalue weighted by atomic mass is 79.9. The second-order valence-corrected chi connectivity index (χ2v) is 5.45. The average Bonchev–Trinajstić information content (AvgIpc) is 3.00. The molecule has 3 aromatic rings. The molecule has 0 spiro atoms. The van der Waals surface area contributed by atoms with Gasteiger partial charge in [-0.2, -0.15) is 5.10 Å². The van der Waals surface area contributed by atoms with Crippen molar-refractivity contribution in [3.05, 3.63) is 47.1 Å². The lowest BCUT2D eigenvalue weighted by Gasteiger charge is -2.08. The molecule has 0 atom stereocenters. The normalized spacial score (nSPS) is 10.3. The molecule has 23 heavy (non-hydrogen) atoms. The fourth-order valence-electron chi connectivity index (χ4n) is 1.89. The molecule has 0 radical (unpaired) electrons. The monoisotopic (exact) mass is 373 g/mol. The van der Waals surface area contributed by atoms with Gasteiger partial charge in [-0.25, -0.2) is 9.78 Å². The van der Waals surface area contributed by atoms with Gasteiger partial charge in [0.2, 0.25) is 0 Å². The Morgan fingerprint density at radius 3 is 2.83 bits per heavy atom. The van der Waals surface area contributed by atoms with Crippen LogP contribution in [0.2, 0.25) is 0 Å². The van der Waals surface area contributed by atoms with Crippen molar-refractivity contribution in [3.63, 3.8) is 0 Å². The lowest BCUT2D eigenvalue weighted by atomic mass is 10.3. The first-order valence-electron chi connectivity index (χ1n) is 6.64. The Balaban J connectivity index is 1.74. The minimum atomic E-state index is -0.425. The van der Waals surface area contributed by atoms with Crippen LogP contribution in [0.5, 0.6) is 0 Å². The lowest BCUT2D eigenvalue weighted by Crippen LogP contribution is -2.20. The third-order valence-electron chi connectivity index (χ3n) is 2.97. The van der Waals surface area contributed by atoms with Crippen molar-refractivity contribution in [2.45, 2.75) is 6.92 Å². The summed E-state index contributed by atoms with van der Waals surface area (Å²) in [5.74, 6) is 0.452. The van der Waals surface area contributed by atoms with Crippen LogP contribution in [0.25, 0.3) is 11.4 Å². The third kappa shape index (κ3) is 3.51. The van der Waals surface area contributed by atoms with Crippen LogP contribution in [0.4, 0.5) is 16.3 Å². The smallest absolute Gasteiger partial charge is 0.304 e. The van der Waals surface area contributed by atoms with Gasteiger partial charge in [0.15, 0.2) is 0 Å². The number of rotatable bonds is 3. The highest BCUT2D eigenvalue weighted by molar-refractivity contribution is 9.10. The topological polar surface area (TPSA) is 108 Å². The number of hydrogen-bond donors (Lipinski definition) is 3.